The highest BCUT2D eigenvalue weighted by Gasteiger charge is 2.33. The van der Waals surface area contributed by atoms with Crippen LogP contribution in [0.2, 0.25) is 0 Å². The number of rotatable bonds is 4. The zero-order chi connectivity index (χ0) is 21.4. The fraction of sp³-hybridized carbons (Fsp3) is 0.240. The molecule has 0 unspecified atom stereocenters. The Bertz CT molecular complexity index is 1090. The molecule has 31 heavy (non-hydrogen) atoms. The molecule has 0 aromatic heterocycles. The van der Waals surface area contributed by atoms with Crippen molar-refractivity contribution in [3.8, 4) is 22.6 Å². The van der Waals surface area contributed by atoms with E-state index in [0.29, 0.717) is 16.3 Å². The van der Waals surface area contributed by atoms with Gasteiger partial charge in [0.05, 0.1) is 23.8 Å². The van der Waals surface area contributed by atoms with Gasteiger partial charge in [-0.1, -0.05) is 48.5 Å². The monoisotopic (exact) mass is 477 g/mol. The van der Waals surface area contributed by atoms with Crippen molar-refractivity contribution in [1.82, 2.24) is 9.91 Å². The Balaban J connectivity index is 1.30. The van der Waals surface area contributed by atoms with Gasteiger partial charge in [-0.15, -0.1) is 0 Å². The van der Waals surface area contributed by atoms with Gasteiger partial charge in [-0.25, -0.2) is 0 Å². The minimum atomic E-state index is 0.102. The zero-order valence-corrected chi connectivity index (χ0v) is 18.9. The van der Waals surface area contributed by atoms with Crippen molar-refractivity contribution in [2.24, 2.45) is 5.10 Å². The summed E-state index contributed by atoms with van der Waals surface area (Å²) in [7, 11) is 1.54. The highest BCUT2D eigenvalue weighted by atomic mass is 79.9. The van der Waals surface area contributed by atoms with Crippen LogP contribution >= 0.6 is 15.9 Å². The molecular formula is C25H24BrN3O2. The molecule has 6 heteroatoms. The molecule has 0 radical (unpaired) electrons. The maximum absolute atomic E-state index is 9.98. The molecule has 1 heterocycles. The van der Waals surface area contributed by atoms with Crippen LogP contribution in [0.15, 0.2) is 70.2 Å². The van der Waals surface area contributed by atoms with E-state index in [1.165, 1.54) is 22.3 Å². The van der Waals surface area contributed by atoms with Crippen molar-refractivity contribution in [3.63, 3.8) is 0 Å². The predicted molar refractivity (Wildman–Crippen MR) is 127 cm³/mol. The minimum Gasteiger partial charge on any atom is -0.503 e. The molecule has 5 rings (SSSR count). The Morgan fingerprint density at radius 1 is 0.968 bits per heavy atom. The minimum absolute atomic E-state index is 0.102. The lowest BCUT2D eigenvalue weighted by Crippen LogP contribution is -2.45. The number of piperazine rings is 1. The second-order valence-electron chi connectivity index (χ2n) is 7.86. The molecule has 158 valence electrons. The molecule has 3 aromatic rings. The van der Waals surface area contributed by atoms with Crippen molar-refractivity contribution in [3.05, 3.63) is 81.8 Å². The average molecular weight is 478 g/mol. The van der Waals surface area contributed by atoms with E-state index >= 15 is 0 Å². The van der Waals surface area contributed by atoms with E-state index in [1.54, 1.807) is 13.2 Å². The number of ether oxygens (including phenoxy) is 1. The van der Waals surface area contributed by atoms with Crippen LogP contribution in [0.1, 0.15) is 22.7 Å². The number of phenolic OH excluding ortho intramolecular Hbond substituents is 1. The molecular weight excluding hydrogens is 454 g/mol. The maximum Gasteiger partial charge on any atom is 0.172 e. The first-order chi connectivity index (χ1) is 15.2. The van der Waals surface area contributed by atoms with Gasteiger partial charge in [0.15, 0.2) is 11.5 Å². The SMILES string of the molecule is COc1cc(C=NN2CCN(C3c4ccccc4-c4ccccc43)CC2)cc(Br)c1O. The van der Waals surface area contributed by atoms with Gasteiger partial charge in [0.25, 0.3) is 0 Å². The molecule has 0 spiro atoms. The second kappa shape index (κ2) is 8.36. The van der Waals surface area contributed by atoms with Gasteiger partial charge in [-0.3, -0.25) is 9.91 Å². The summed E-state index contributed by atoms with van der Waals surface area (Å²) in [4.78, 5) is 2.57. The van der Waals surface area contributed by atoms with E-state index in [2.05, 4.69) is 79.5 Å². The van der Waals surface area contributed by atoms with E-state index in [4.69, 9.17) is 4.74 Å². The maximum atomic E-state index is 9.98. The van der Waals surface area contributed by atoms with E-state index in [9.17, 15) is 5.11 Å². The van der Waals surface area contributed by atoms with E-state index in [1.807, 2.05) is 12.3 Å². The number of nitrogens with zero attached hydrogens (tertiary/aromatic N) is 3. The van der Waals surface area contributed by atoms with Gasteiger partial charge in [-0.2, -0.15) is 5.10 Å². The number of hydrogen-bond donors (Lipinski definition) is 1. The summed E-state index contributed by atoms with van der Waals surface area (Å²) in [6.07, 6.45) is 1.82. The molecule has 1 N–H and O–H groups in total. The lowest BCUT2D eigenvalue weighted by atomic mass is 10.0. The molecule has 0 atom stereocenters. The number of methoxy groups -OCH3 is 1. The molecule has 3 aromatic carbocycles. The normalized spacial score (nSPS) is 16.5. The second-order valence-corrected chi connectivity index (χ2v) is 8.72. The molecule has 1 fully saturated rings. The first-order valence-corrected chi connectivity index (χ1v) is 11.2. The number of benzene rings is 3. The molecule has 1 saturated heterocycles. The molecule has 0 bridgehead atoms. The molecule has 0 saturated carbocycles. The van der Waals surface area contributed by atoms with Crippen LogP contribution in [0.3, 0.4) is 0 Å². The average Bonchev–Trinajstić information content (AvgIpc) is 3.14. The Labute approximate surface area is 190 Å². The Kier molecular flexibility index (Phi) is 5.42. The lowest BCUT2D eigenvalue weighted by Gasteiger charge is -2.37. The standard InChI is InChI=1S/C25H24BrN3O2/c1-31-23-15-17(14-22(26)25(23)30)16-27-29-12-10-28(11-13-29)24-20-8-4-2-6-18(20)19-7-3-5-9-21(19)24/h2-9,14-16,24,30H,10-13H2,1H3. The van der Waals surface area contributed by atoms with E-state index in [0.717, 1.165) is 31.7 Å². The van der Waals surface area contributed by atoms with Crippen molar-refractivity contribution >= 4 is 22.1 Å². The fourth-order valence-electron chi connectivity index (χ4n) is 4.58. The number of hydrogen-bond acceptors (Lipinski definition) is 5. The topological polar surface area (TPSA) is 48.3 Å². The molecule has 0 amide bonds. The third-order valence-electron chi connectivity index (χ3n) is 6.10. The number of aromatic hydroxyl groups is 1. The quantitative estimate of drug-likeness (QED) is 0.543. The summed E-state index contributed by atoms with van der Waals surface area (Å²) in [6, 6.07) is 21.5. The highest BCUT2D eigenvalue weighted by molar-refractivity contribution is 9.10. The van der Waals surface area contributed by atoms with Crippen LogP contribution in [0.5, 0.6) is 11.5 Å². The Morgan fingerprint density at radius 2 is 1.58 bits per heavy atom. The van der Waals surface area contributed by atoms with Crippen molar-refractivity contribution in [1.29, 1.82) is 0 Å². The van der Waals surface area contributed by atoms with E-state index in [-0.39, 0.29) is 5.75 Å². The molecule has 1 aliphatic carbocycles. The summed E-state index contributed by atoms with van der Waals surface area (Å²) in [6.45, 7) is 3.64. The highest BCUT2D eigenvalue weighted by Crippen LogP contribution is 2.46. The zero-order valence-electron chi connectivity index (χ0n) is 17.3. The largest absolute Gasteiger partial charge is 0.503 e. The third-order valence-corrected chi connectivity index (χ3v) is 6.70. The predicted octanol–water partition coefficient (Wildman–Crippen LogP) is 4.88. The van der Waals surface area contributed by atoms with Crippen LogP contribution < -0.4 is 4.74 Å². The third kappa shape index (κ3) is 3.70. The Hall–Kier alpha value is -2.83. The van der Waals surface area contributed by atoms with Crippen molar-refractivity contribution in [2.75, 3.05) is 33.3 Å². The van der Waals surface area contributed by atoms with Gasteiger partial charge < -0.3 is 9.84 Å². The first kappa shape index (κ1) is 20.1. The summed E-state index contributed by atoms with van der Waals surface area (Å²) in [5, 5.41) is 16.8. The summed E-state index contributed by atoms with van der Waals surface area (Å²) >= 11 is 3.36. The van der Waals surface area contributed by atoms with Crippen LogP contribution in [0.25, 0.3) is 11.1 Å². The summed E-state index contributed by atoms with van der Waals surface area (Å²) in [5.41, 5.74) is 6.40. The van der Waals surface area contributed by atoms with Gasteiger partial charge in [0.2, 0.25) is 0 Å². The summed E-state index contributed by atoms with van der Waals surface area (Å²) < 4.78 is 5.82. The van der Waals surface area contributed by atoms with Gasteiger partial charge >= 0.3 is 0 Å². The van der Waals surface area contributed by atoms with Crippen molar-refractivity contribution in [2.45, 2.75) is 6.04 Å². The smallest absolute Gasteiger partial charge is 0.172 e. The fourth-order valence-corrected chi connectivity index (χ4v) is 5.04. The lowest BCUT2D eigenvalue weighted by molar-refractivity contribution is 0.114. The van der Waals surface area contributed by atoms with Crippen LogP contribution in [0.4, 0.5) is 0 Å². The molecule has 5 nitrogen and oxygen atoms in total. The molecule has 2 aliphatic rings. The van der Waals surface area contributed by atoms with Crippen LogP contribution in [-0.2, 0) is 0 Å². The van der Waals surface area contributed by atoms with E-state index < -0.39 is 0 Å². The number of phenols is 1. The Morgan fingerprint density at radius 3 is 2.19 bits per heavy atom. The van der Waals surface area contributed by atoms with Crippen molar-refractivity contribution < 1.29 is 9.84 Å². The molecule has 1 aliphatic heterocycles. The van der Waals surface area contributed by atoms with Gasteiger partial charge in [0.1, 0.15) is 0 Å². The number of hydrazone groups is 1. The van der Waals surface area contributed by atoms with Gasteiger partial charge in [0, 0.05) is 26.2 Å². The number of fused-ring (bicyclic) bond motifs is 3. The number of halogens is 1. The van der Waals surface area contributed by atoms with Crippen LogP contribution in [-0.4, -0.2) is 54.5 Å². The summed E-state index contributed by atoms with van der Waals surface area (Å²) in [5.74, 6) is 0.532. The van der Waals surface area contributed by atoms with Crippen LogP contribution in [0, 0.1) is 0 Å². The van der Waals surface area contributed by atoms with Gasteiger partial charge in [-0.05, 0) is 55.9 Å². The first-order valence-electron chi connectivity index (χ1n) is 10.4.